The summed E-state index contributed by atoms with van der Waals surface area (Å²) in [6.45, 7) is 5.93. The predicted molar refractivity (Wildman–Crippen MR) is 77.3 cm³/mol. The molecule has 1 aliphatic carbocycles. The zero-order chi connectivity index (χ0) is 12.8. The highest BCUT2D eigenvalue weighted by Crippen LogP contribution is 2.23. The Balaban J connectivity index is 1.90. The van der Waals surface area contributed by atoms with Crippen LogP contribution in [0.2, 0.25) is 0 Å². The van der Waals surface area contributed by atoms with Crippen molar-refractivity contribution < 1.29 is 4.74 Å². The Labute approximate surface area is 110 Å². The van der Waals surface area contributed by atoms with E-state index in [1.807, 2.05) is 13.0 Å². The van der Waals surface area contributed by atoms with Crippen LogP contribution in [-0.4, -0.2) is 13.2 Å². The van der Waals surface area contributed by atoms with E-state index in [9.17, 15) is 0 Å². The normalized spacial score (nSPS) is 18.7. The van der Waals surface area contributed by atoms with Gasteiger partial charge >= 0.3 is 0 Å². The number of aryl methyl sites for hydroxylation is 1. The Hall–Kier alpha value is -1.44. The van der Waals surface area contributed by atoms with E-state index < -0.39 is 0 Å². The molecule has 0 aromatic heterocycles. The van der Waals surface area contributed by atoms with Crippen molar-refractivity contribution in [1.82, 2.24) is 0 Å². The van der Waals surface area contributed by atoms with E-state index in [1.165, 1.54) is 30.5 Å². The van der Waals surface area contributed by atoms with Gasteiger partial charge in [0.05, 0.1) is 6.61 Å². The van der Waals surface area contributed by atoms with E-state index in [1.54, 1.807) is 0 Å². The van der Waals surface area contributed by atoms with Crippen molar-refractivity contribution in [2.24, 2.45) is 5.92 Å². The van der Waals surface area contributed by atoms with Gasteiger partial charge in [0.15, 0.2) is 0 Å². The summed E-state index contributed by atoms with van der Waals surface area (Å²) in [7, 11) is 0. The molecule has 0 saturated heterocycles. The summed E-state index contributed by atoms with van der Waals surface area (Å²) < 4.78 is 5.50. The van der Waals surface area contributed by atoms with Gasteiger partial charge in [-0.1, -0.05) is 12.2 Å². The van der Waals surface area contributed by atoms with E-state index in [4.69, 9.17) is 4.74 Å². The standard InChI is InChI=1S/C16H23NO/c1-3-18-15-9-10-16(13(2)11-15)17-12-14-7-5-4-6-8-14/h4-5,9-11,14,17H,3,6-8,12H2,1-2H3. The second kappa shape index (κ2) is 6.48. The monoisotopic (exact) mass is 245 g/mol. The SMILES string of the molecule is CCOc1ccc(NCC2CC=CCC2)c(C)c1. The molecule has 1 aliphatic rings. The average molecular weight is 245 g/mol. The number of benzene rings is 1. The lowest BCUT2D eigenvalue weighted by atomic mass is 9.94. The number of nitrogens with one attached hydrogen (secondary N) is 1. The summed E-state index contributed by atoms with van der Waals surface area (Å²) in [6, 6.07) is 6.27. The first-order valence-electron chi connectivity index (χ1n) is 6.92. The molecule has 0 amide bonds. The predicted octanol–water partition coefficient (Wildman–Crippen LogP) is 4.16. The number of allylic oxidation sites excluding steroid dienone is 2. The first-order chi connectivity index (χ1) is 8.79. The van der Waals surface area contributed by atoms with Crippen molar-refractivity contribution in [3.63, 3.8) is 0 Å². The van der Waals surface area contributed by atoms with E-state index in [2.05, 4.69) is 36.5 Å². The number of hydrogen-bond donors (Lipinski definition) is 1. The van der Waals surface area contributed by atoms with Gasteiger partial charge in [-0.05, 0) is 62.8 Å². The van der Waals surface area contributed by atoms with Crippen LogP contribution in [0, 0.1) is 12.8 Å². The molecular weight excluding hydrogens is 222 g/mol. The summed E-state index contributed by atoms with van der Waals surface area (Å²) in [5, 5.41) is 3.56. The molecule has 0 aliphatic heterocycles. The van der Waals surface area contributed by atoms with Gasteiger partial charge in [-0.2, -0.15) is 0 Å². The molecule has 2 rings (SSSR count). The average Bonchev–Trinajstić information content (AvgIpc) is 2.39. The minimum Gasteiger partial charge on any atom is -0.494 e. The quantitative estimate of drug-likeness (QED) is 0.786. The van der Waals surface area contributed by atoms with Crippen LogP contribution in [0.15, 0.2) is 30.4 Å². The summed E-state index contributed by atoms with van der Waals surface area (Å²) >= 11 is 0. The van der Waals surface area contributed by atoms with Crippen LogP contribution < -0.4 is 10.1 Å². The van der Waals surface area contributed by atoms with Gasteiger partial charge in [-0.25, -0.2) is 0 Å². The second-order valence-electron chi connectivity index (χ2n) is 4.94. The third kappa shape index (κ3) is 3.52. The largest absolute Gasteiger partial charge is 0.494 e. The van der Waals surface area contributed by atoms with Crippen LogP contribution in [0.5, 0.6) is 5.75 Å². The maximum absolute atomic E-state index is 5.50. The third-order valence-corrected chi connectivity index (χ3v) is 3.47. The van der Waals surface area contributed by atoms with Crippen molar-refractivity contribution in [2.45, 2.75) is 33.1 Å². The molecule has 18 heavy (non-hydrogen) atoms. The molecule has 1 N–H and O–H groups in total. The molecule has 0 saturated carbocycles. The Morgan fingerprint density at radius 1 is 1.33 bits per heavy atom. The highest BCUT2D eigenvalue weighted by molar-refractivity contribution is 5.53. The number of anilines is 1. The van der Waals surface area contributed by atoms with Crippen molar-refractivity contribution >= 4 is 5.69 Å². The topological polar surface area (TPSA) is 21.3 Å². The molecule has 0 bridgehead atoms. The molecule has 1 unspecified atom stereocenters. The molecule has 0 heterocycles. The van der Waals surface area contributed by atoms with Crippen LogP contribution in [-0.2, 0) is 0 Å². The van der Waals surface area contributed by atoms with Crippen LogP contribution in [0.3, 0.4) is 0 Å². The molecule has 2 nitrogen and oxygen atoms in total. The third-order valence-electron chi connectivity index (χ3n) is 3.47. The van der Waals surface area contributed by atoms with Gasteiger partial charge in [-0.3, -0.25) is 0 Å². The lowest BCUT2D eigenvalue weighted by molar-refractivity contribution is 0.340. The van der Waals surface area contributed by atoms with E-state index in [0.717, 1.165) is 24.8 Å². The lowest BCUT2D eigenvalue weighted by Gasteiger charge is -2.20. The maximum Gasteiger partial charge on any atom is 0.119 e. The molecule has 1 aromatic rings. The highest BCUT2D eigenvalue weighted by atomic mass is 16.5. The molecule has 2 heteroatoms. The van der Waals surface area contributed by atoms with Crippen molar-refractivity contribution in [3.05, 3.63) is 35.9 Å². The summed E-state index contributed by atoms with van der Waals surface area (Å²) in [5.74, 6) is 1.74. The van der Waals surface area contributed by atoms with Crippen LogP contribution in [0.4, 0.5) is 5.69 Å². The second-order valence-corrected chi connectivity index (χ2v) is 4.94. The van der Waals surface area contributed by atoms with E-state index in [-0.39, 0.29) is 0 Å². The van der Waals surface area contributed by atoms with Crippen molar-refractivity contribution in [3.8, 4) is 5.75 Å². The zero-order valence-corrected chi connectivity index (χ0v) is 11.4. The van der Waals surface area contributed by atoms with E-state index in [0.29, 0.717) is 0 Å². The van der Waals surface area contributed by atoms with Crippen molar-refractivity contribution in [1.29, 1.82) is 0 Å². The maximum atomic E-state index is 5.50. The minimum absolute atomic E-state index is 0.723. The molecular formula is C16H23NO. The number of hydrogen-bond acceptors (Lipinski definition) is 2. The highest BCUT2D eigenvalue weighted by Gasteiger charge is 2.10. The fraction of sp³-hybridized carbons (Fsp3) is 0.500. The minimum atomic E-state index is 0.723. The van der Waals surface area contributed by atoms with Crippen LogP contribution in [0.1, 0.15) is 31.7 Å². The number of rotatable bonds is 5. The summed E-state index contributed by atoms with van der Waals surface area (Å²) in [5.41, 5.74) is 2.49. The summed E-state index contributed by atoms with van der Waals surface area (Å²) in [4.78, 5) is 0. The molecule has 1 atom stereocenters. The summed E-state index contributed by atoms with van der Waals surface area (Å²) in [6.07, 6.45) is 8.34. The fourth-order valence-corrected chi connectivity index (χ4v) is 2.39. The van der Waals surface area contributed by atoms with Gasteiger partial charge in [0, 0.05) is 12.2 Å². The lowest BCUT2D eigenvalue weighted by Crippen LogP contribution is -2.15. The first-order valence-corrected chi connectivity index (χ1v) is 6.92. The first kappa shape index (κ1) is 13.0. The fourth-order valence-electron chi connectivity index (χ4n) is 2.39. The Morgan fingerprint density at radius 2 is 2.22 bits per heavy atom. The zero-order valence-electron chi connectivity index (χ0n) is 11.4. The van der Waals surface area contributed by atoms with Gasteiger partial charge in [0.2, 0.25) is 0 Å². The smallest absolute Gasteiger partial charge is 0.119 e. The van der Waals surface area contributed by atoms with Gasteiger partial charge in [0.1, 0.15) is 5.75 Å². The molecule has 0 radical (unpaired) electrons. The molecule has 0 fully saturated rings. The van der Waals surface area contributed by atoms with Gasteiger partial charge in [-0.15, -0.1) is 0 Å². The Kier molecular flexibility index (Phi) is 4.68. The van der Waals surface area contributed by atoms with Gasteiger partial charge in [0.25, 0.3) is 0 Å². The van der Waals surface area contributed by atoms with Crippen LogP contribution >= 0.6 is 0 Å². The van der Waals surface area contributed by atoms with Gasteiger partial charge < -0.3 is 10.1 Å². The Bertz CT molecular complexity index is 412. The van der Waals surface area contributed by atoms with E-state index >= 15 is 0 Å². The molecule has 98 valence electrons. The van der Waals surface area contributed by atoms with Crippen molar-refractivity contribution in [2.75, 3.05) is 18.5 Å². The molecule has 1 aromatic carbocycles. The molecule has 0 spiro atoms. The Morgan fingerprint density at radius 3 is 2.89 bits per heavy atom. The number of ether oxygens (including phenoxy) is 1. The van der Waals surface area contributed by atoms with Crippen LogP contribution in [0.25, 0.3) is 0 Å².